The van der Waals surface area contributed by atoms with Gasteiger partial charge in [-0.25, -0.2) is 4.39 Å². The van der Waals surface area contributed by atoms with Crippen molar-refractivity contribution >= 4 is 17.5 Å². The van der Waals surface area contributed by atoms with Crippen molar-refractivity contribution < 1.29 is 13.9 Å². The summed E-state index contributed by atoms with van der Waals surface area (Å²) in [5.41, 5.74) is 0.304. The topological polar surface area (TPSA) is 32.8 Å². The Morgan fingerprint density at radius 2 is 1.96 bits per heavy atom. The molecule has 1 atom stereocenters. The fraction of sp³-hybridized carbons (Fsp3) is 0.632. The number of nitrogens with zero attached hydrogens (tertiary/aromatic N) is 2. The van der Waals surface area contributed by atoms with Gasteiger partial charge in [-0.05, 0) is 37.8 Å². The molecule has 0 saturated carbocycles. The molecule has 6 heteroatoms. The van der Waals surface area contributed by atoms with Crippen molar-refractivity contribution in [1.29, 1.82) is 0 Å². The van der Waals surface area contributed by atoms with Gasteiger partial charge in [-0.15, -0.1) is 0 Å². The van der Waals surface area contributed by atoms with E-state index in [1.54, 1.807) is 12.1 Å². The normalized spacial score (nSPS) is 21.3. The Kier molecular flexibility index (Phi) is 6.31. The van der Waals surface area contributed by atoms with Gasteiger partial charge in [-0.1, -0.05) is 17.7 Å². The number of carbonyl (C=O) groups is 1. The fourth-order valence-corrected chi connectivity index (χ4v) is 4.11. The first-order chi connectivity index (χ1) is 12.1. The first-order valence-electron chi connectivity index (χ1n) is 9.08. The Morgan fingerprint density at radius 1 is 1.28 bits per heavy atom. The molecule has 0 aliphatic carbocycles. The third-order valence-electron chi connectivity index (χ3n) is 5.59. The van der Waals surface area contributed by atoms with Crippen LogP contribution in [0.2, 0.25) is 5.02 Å². The van der Waals surface area contributed by atoms with Crippen molar-refractivity contribution in [3.63, 3.8) is 0 Å². The minimum atomic E-state index is -0.406. The van der Waals surface area contributed by atoms with E-state index in [0.717, 1.165) is 52.2 Å². The van der Waals surface area contributed by atoms with E-state index in [0.29, 0.717) is 22.5 Å². The summed E-state index contributed by atoms with van der Waals surface area (Å²) >= 11 is 6.04. The molecule has 0 spiro atoms. The van der Waals surface area contributed by atoms with Crippen LogP contribution in [0, 0.1) is 11.7 Å². The third-order valence-corrected chi connectivity index (χ3v) is 5.94. The van der Waals surface area contributed by atoms with Gasteiger partial charge in [0.2, 0.25) is 5.91 Å². The number of amides is 1. The van der Waals surface area contributed by atoms with Crippen LogP contribution in [0.1, 0.15) is 25.3 Å². The van der Waals surface area contributed by atoms with Crippen LogP contribution < -0.4 is 0 Å². The lowest BCUT2D eigenvalue weighted by Gasteiger charge is -2.41. The van der Waals surface area contributed by atoms with Gasteiger partial charge in [0, 0.05) is 42.8 Å². The van der Waals surface area contributed by atoms with E-state index >= 15 is 0 Å². The minimum absolute atomic E-state index is 0.0369. The Balaban J connectivity index is 1.52. The molecule has 2 aliphatic rings. The van der Waals surface area contributed by atoms with Gasteiger partial charge in [0.05, 0.1) is 19.6 Å². The molecule has 2 saturated heterocycles. The van der Waals surface area contributed by atoms with Crippen LogP contribution in [-0.4, -0.2) is 61.1 Å². The van der Waals surface area contributed by atoms with Crippen molar-refractivity contribution in [2.75, 3.05) is 39.4 Å². The summed E-state index contributed by atoms with van der Waals surface area (Å²) in [6, 6.07) is 5.06. The summed E-state index contributed by atoms with van der Waals surface area (Å²) in [6.07, 6.45) is 2.03. The molecule has 4 nitrogen and oxygen atoms in total. The molecule has 2 heterocycles. The Labute approximate surface area is 153 Å². The van der Waals surface area contributed by atoms with Gasteiger partial charge in [0.15, 0.2) is 0 Å². The third kappa shape index (κ3) is 4.52. The van der Waals surface area contributed by atoms with Crippen molar-refractivity contribution in [3.8, 4) is 0 Å². The smallest absolute Gasteiger partial charge is 0.227 e. The minimum Gasteiger partial charge on any atom is -0.379 e. The number of hydrogen-bond donors (Lipinski definition) is 0. The van der Waals surface area contributed by atoms with E-state index in [2.05, 4.69) is 11.8 Å². The number of likely N-dealkylation sites (tertiary alicyclic amines) is 1. The molecule has 0 radical (unpaired) electrons. The molecule has 1 aromatic carbocycles. The lowest BCUT2D eigenvalue weighted by Crippen LogP contribution is -2.49. The molecule has 1 unspecified atom stereocenters. The predicted molar refractivity (Wildman–Crippen MR) is 96.3 cm³/mol. The molecule has 25 heavy (non-hydrogen) atoms. The summed E-state index contributed by atoms with van der Waals surface area (Å²) in [4.78, 5) is 16.9. The standard InChI is InChI=1S/C19H26ClFN2O2/c1-14(22-9-11-25-12-10-22)15-5-7-23(8-6-15)19(24)13-16-17(20)3-2-4-18(16)21/h2-4,14-15H,5-13H2,1H3. The highest BCUT2D eigenvalue weighted by Crippen LogP contribution is 2.26. The molecular formula is C19H26ClFN2O2. The van der Waals surface area contributed by atoms with Crippen LogP contribution in [0.15, 0.2) is 18.2 Å². The number of hydrogen-bond acceptors (Lipinski definition) is 3. The molecule has 0 bridgehead atoms. The van der Waals surface area contributed by atoms with Gasteiger partial charge >= 0.3 is 0 Å². The highest BCUT2D eigenvalue weighted by molar-refractivity contribution is 6.31. The summed E-state index contributed by atoms with van der Waals surface area (Å²) in [5, 5.41) is 0.323. The van der Waals surface area contributed by atoms with Gasteiger partial charge in [-0.3, -0.25) is 9.69 Å². The first kappa shape index (κ1) is 18.6. The van der Waals surface area contributed by atoms with Crippen molar-refractivity contribution in [3.05, 3.63) is 34.6 Å². The van der Waals surface area contributed by atoms with Crippen LogP contribution in [-0.2, 0) is 16.0 Å². The summed E-state index contributed by atoms with van der Waals surface area (Å²) in [5.74, 6) is 0.153. The lowest BCUT2D eigenvalue weighted by molar-refractivity contribution is -0.132. The maximum Gasteiger partial charge on any atom is 0.227 e. The Hall–Kier alpha value is -1.17. The molecule has 1 aromatic rings. The Bertz CT molecular complexity index is 579. The van der Waals surface area contributed by atoms with Crippen LogP contribution >= 0.6 is 11.6 Å². The van der Waals surface area contributed by atoms with E-state index in [1.807, 2.05) is 4.90 Å². The van der Waals surface area contributed by atoms with Gasteiger partial charge in [0.25, 0.3) is 0 Å². The second-order valence-corrected chi connectivity index (χ2v) is 7.39. The van der Waals surface area contributed by atoms with E-state index in [1.165, 1.54) is 6.07 Å². The first-order valence-corrected chi connectivity index (χ1v) is 9.46. The summed E-state index contributed by atoms with van der Waals surface area (Å²) in [7, 11) is 0. The molecular weight excluding hydrogens is 343 g/mol. The molecule has 0 aromatic heterocycles. The second-order valence-electron chi connectivity index (χ2n) is 6.98. The second kappa shape index (κ2) is 8.47. The predicted octanol–water partition coefficient (Wildman–Crippen LogP) is 2.98. The SMILES string of the molecule is CC(C1CCN(C(=O)Cc2c(F)cccc2Cl)CC1)N1CCOCC1. The van der Waals surface area contributed by atoms with E-state index in [9.17, 15) is 9.18 Å². The van der Waals surface area contributed by atoms with Crippen molar-refractivity contribution in [2.45, 2.75) is 32.2 Å². The summed E-state index contributed by atoms with van der Waals surface area (Å²) in [6.45, 7) is 7.37. The van der Waals surface area contributed by atoms with E-state index < -0.39 is 5.82 Å². The van der Waals surface area contributed by atoms with Crippen LogP contribution in [0.5, 0.6) is 0 Å². The molecule has 0 N–H and O–H groups in total. The number of halogens is 2. The Morgan fingerprint density at radius 3 is 2.60 bits per heavy atom. The van der Waals surface area contributed by atoms with Gasteiger partial charge in [0.1, 0.15) is 5.82 Å². The van der Waals surface area contributed by atoms with E-state index in [-0.39, 0.29) is 12.3 Å². The molecule has 1 amide bonds. The van der Waals surface area contributed by atoms with E-state index in [4.69, 9.17) is 16.3 Å². The zero-order chi connectivity index (χ0) is 17.8. The van der Waals surface area contributed by atoms with Gasteiger partial charge < -0.3 is 9.64 Å². The maximum absolute atomic E-state index is 13.9. The molecule has 3 rings (SSSR count). The number of morpholine rings is 1. The monoisotopic (exact) mass is 368 g/mol. The number of ether oxygens (including phenoxy) is 1. The molecule has 2 fully saturated rings. The maximum atomic E-state index is 13.9. The largest absolute Gasteiger partial charge is 0.379 e. The van der Waals surface area contributed by atoms with Gasteiger partial charge in [-0.2, -0.15) is 0 Å². The van der Waals surface area contributed by atoms with Crippen molar-refractivity contribution in [2.24, 2.45) is 5.92 Å². The fourth-order valence-electron chi connectivity index (χ4n) is 3.88. The zero-order valence-corrected chi connectivity index (χ0v) is 15.5. The van der Waals surface area contributed by atoms with Crippen molar-refractivity contribution in [1.82, 2.24) is 9.80 Å². The highest BCUT2D eigenvalue weighted by Gasteiger charge is 2.30. The zero-order valence-electron chi connectivity index (χ0n) is 14.7. The number of rotatable bonds is 4. The quantitative estimate of drug-likeness (QED) is 0.819. The summed E-state index contributed by atoms with van der Waals surface area (Å²) < 4.78 is 19.3. The molecule has 138 valence electrons. The van der Waals surface area contributed by atoms with Crippen LogP contribution in [0.3, 0.4) is 0 Å². The average Bonchev–Trinajstić information content (AvgIpc) is 2.65. The average molecular weight is 369 g/mol. The number of piperidine rings is 1. The van der Waals surface area contributed by atoms with Crippen LogP contribution in [0.25, 0.3) is 0 Å². The highest BCUT2D eigenvalue weighted by atomic mass is 35.5. The lowest BCUT2D eigenvalue weighted by atomic mass is 9.89. The van der Waals surface area contributed by atoms with Crippen LogP contribution in [0.4, 0.5) is 4.39 Å². The number of benzene rings is 1. The number of carbonyl (C=O) groups excluding carboxylic acids is 1. The molecule has 2 aliphatic heterocycles.